The van der Waals surface area contributed by atoms with Crippen LogP contribution in [0.3, 0.4) is 0 Å². The van der Waals surface area contributed by atoms with Crippen molar-refractivity contribution in [3.05, 3.63) is 34.3 Å². The first-order valence-corrected chi connectivity index (χ1v) is 4.98. The van der Waals surface area contributed by atoms with Gasteiger partial charge in [0.25, 0.3) is 0 Å². The van der Waals surface area contributed by atoms with Crippen molar-refractivity contribution in [2.24, 2.45) is 0 Å². The van der Waals surface area contributed by atoms with Crippen LogP contribution in [0.5, 0.6) is 0 Å². The lowest BCUT2D eigenvalue weighted by Crippen LogP contribution is -1.92. The zero-order valence-electron chi connectivity index (χ0n) is 7.88. The molecule has 13 heavy (non-hydrogen) atoms. The normalized spacial score (nSPS) is 20.8. The summed E-state index contributed by atoms with van der Waals surface area (Å²) in [5, 5.41) is 0.889. The third kappa shape index (κ3) is 1.72. The van der Waals surface area contributed by atoms with Crippen LogP contribution in [-0.4, -0.2) is 6.61 Å². The average Bonchev–Trinajstić information content (AvgIpc) is 2.87. The predicted molar refractivity (Wildman–Crippen MR) is 54.2 cm³/mol. The molecule has 1 aromatic rings. The molecule has 0 spiro atoms. The minimum absolute atomic E-state index is 0.256. The summed E-state index contributed by atoms with van der Waals surface area (Å²) in [6.07, 6.45) is 0.256. The van der Waals surface area contributed by atoms with E-state index in [-0.39, 0.29) is 6.10 Å². The van der Waals surface area contributed by atoms with Gasteiger partial charge < -0.3 is 4.74 Å². The summed E-state index contributed by atoms with van der Waals surface area (Å²) in [5.74, 6) is 0.478. The molecule has 1 nitrogen and oxygen atoms in total. The van der Waals surface area contributed by atoms with Gasteiger partial charge >= 0.3 is 0 Å². The van der Waals surface area contributed by atoms with E-state index in [1.807, 2.05) is 6.07 Å². The number of hydrogen-bond donors (Lipinski definition) is 0. The number of rotatable bonds is 2. The van der Waals surface area contributed by atoms with Gasteiger partial charge in [-0.2, -0.15) is 0 Å². The van der Waals surface area contributed by atoms with Crippen molar-refractivity contribution >= 4 is 11.6 Å². The van der Waals surface area contributed by atoms with Gasteiger partial charge in [0, 0.05) is 10.6 Å². The first kappa shape index (κ1) is 9.04. The Balaban J connectivity index is 2.41. The minimum Gasteiger partial charge on any atom is -0.368 e. The molecule has 0 bridgehead atoms. The van der Waals surface area contributed by atoms with Crippen LogP contribution in [0.1, 0.15) is 37.0 Å². The van der Waals surface area contributed by atoms with Gasteiger partial charge in [0.05, 0.1) is 6.61 Å². The summed E-state index contributed by atoms with van der Waals surface area (Å²) in [7, 11) is 0. The van der Waals surface area contributed by atoms with E-state index in [2.05, 4.69) is 26.0 Å². The van der Waals surface area contributed by atoms with Gasteiger partial charge in [-0.15, -0.1) is 0 Å². The molecule has 70 valence electrons. The topological polar surface area (TPSA) is 12.5 Å². The Hall–Kier alpha value is -0.530. The Morgan fingerprint density at radius 1 is 1.46 bits per heavy atom. The van der Waals surface area contributed by atoms with E-state index >= 15 is 0 Å². The second-order valence-electron chi connectivity index (χ2n) is 3.73. The Kier molecular flexibility index (Phi) is 2.31. The van der Waals surface area contributed by atoms with E-state index in [4.69, 9.17) is 16.3 Å². The van der Waals surface area contributed by atoms with E-state index in [0.29, 0.717) is 5.92 Å². The summed E-state index contributed by atoms with van der Waals surface area (Å²) in [4.78, 5) is 0. The van der Waals surface area contributed by atoms with Crippen LogP contribution < -0.4 is 0 Å². The van der Waals surface area contributed by atoms with E-state index in [9.17, 15) is 0 Å². The highest BCUT2D eigenvalue weighted by Gasteiger charge is 2.27. The van der Waals surface area contributed by atoms with Crippen molar-refractivity contribution in [2.45, 2.75) is 25.9 Å². The number of ether oxygens (including phenoxy) is 1. The van der Waals surface area contributed by atoms with Crippen LogP contribution in [-0.2, 0) is 4.74 Å². The summed E-state index contributed by atoms with van der Waals surface area (Å²) < 4.78 is 5.23. The van der Waals surface area contributed by atoms with Crippen molar-refractivity contribution in [3.8, 4) is 0 Å². The molecule has 1 aromatic carbocycles. The molecule has 0 saturated carbocycles. The zero-order chi connectivity index (χ0) is 9.42. The van der Waals surface area contributed by atoms with Crippen LogP contribution in [0.2, 0.25) is 5.02 Å². The van der Waals surface area contributed by atoms with Crippen molar-refractivity contribution in [1.82, 2.24) is 0 Å². The summed E-state index contributed by atoms with van der Waals surface area (Å²) in [5.41, 5.74) is 2.36. The predicted octanol–water partition coefficient (Wildman–Crippen LogP) is 3.53. The highest BCUT2D eigenvalue weighted by molar-refractivity contribution is 6.32. The fourth-order valence-electron chi connectivity index (χ4n) is 1.49. The lowest BCUT2D eigenvalue weighted by atomic mass is 9.99. The molecule has 0 radical (unpaired) electrons. The van der Waals surface area contributed by atoms with Crippen LogP contribution in [0.4, 0.5) is 0 Å². The number of hydrogen-bond acceptors (Lipinski definition) is 1. The molecule has 1 aliphatic heterocycles. The first-order chi connectivity index (χ1) is 6.20. The lowest BCUT2D eigenvalue weighted by molar-refractivity contribution is 0.415. The minimum atomic E-state index is 0.256. The summed E-state index contributed by atoms with van der Waals surface area (Å²) in [6, 6.07) is 6.18. The second kappa shape index (κ2) is 3.32. The number of halogens is 1. The molecule has 2 rings (SSSR count). The third-order valence-corrected chi connectivity index (χ3v) is 2.80. The van der Waals surface area contributed by atoms with E-state index < -0.39 is 0 Å². The molecule has 1 saturated heterocycles. The smallest absolute Gasteiger partial charge is 0.107 e. The molecule has 0 aromatic heterocycles. The molecule has 2 heteroatoms. The highest BCUT2D eigenvalue weighted by Crippen LogP contribution is 2.38. The van der Waals surface area contributed by atoms with Gasteiger partial charge in [-0.3, -0.25) is 0 Å². The van der Waals surface area contributed by atoms with E-state index in [1.165, 1.54) is 5.56 Å². The van der Waals surface area contributed by atoms with Gasteiger partial charge in [-0.05, 0) is 11.5 Å². The molecule has 0 amide bonds. The monoisotopic (exact) mass is 196 g/mol. The van der Waals surface area contributed by atoms with Crippen LogP contribution in [0, 0.1) is 0 Å². The maximum absolute atomic E-state index is 6.26. The van der Waals surface area contributed by atoms with Crippen molar-refractivity contribution in [2.75, 3.05) is 6.61 Å². The SMILES string of the molecule is CC(C)c1cccc(C2CO2)c1Cl. The van der Waals surface area contributed by atoms with E-state index in [1.54, 1.807) is 0 Å². The van der Waals surface area contributed by atoms with Gasteiger partial charge in [-0.25, -0.2) is 0 Å². The number of benzene rings is 1. The standard InChI is InChI=1S/C11H13ClO/c1-7(2)8-4-3-5-9(11(8)12)10-6-13-10/h3-5,7,10H,6H2,1-2H3. The molecule has 0 N–H and O–H groups in total. The highest BCUT2D eigenvalue weighted by atomic mass is 35.5. The summed E-state index contributed by atoms with van der Waals surface area (Å²) >= 11 is 6.26. The quantitative estimate of drug-likeness (QED) is 0.660. The van der Waals surface area contributed by atoms with Crippen molar-refractivity contribution < 1.29 is 4.74 Å². The second-order valence-corrected chi connectivity index (χ2v) is 4.11. The van der Waals surface area contributed by atoms with Crippen LogP contribution in [0.15, 0.2) is 18.2 Å². The Morgan fingerprint density at radius 2 is 2.15 bits per heavy atom. The van der Waals surface area contributed by atoms with Crippen molar-refractivity contribution in [1.29, 1.82) is 0 Å². The first-order valence-electron chi connectivity index (χ1n) is 4.60. The van der Waals surface area contributed by atoms with Gasteiger partial charge in [-0.1, -0.05) is 43.6 Å². The third-order valence-electron chi connectivity index (χ3n) is 2.36. The molecule has 1 unspecified atom stereocenters. The molecule has 1 aliphatic rings. The average molecular weight is 197 g/mol. The van der Waals surface area contributed by atoms with Gasteiger partial charge in [0.2, 0.25) is 0 Å². The van der Waals surface area contributed by atoms with Crippen LogP contribution in [0.25, 0.3) is 0 Å². The fourth-order valence-corrected chi connectivity index (χ4v) is 1.96. The maximum atomic E-state index is 6.26. The molecule has 1 heterocycles. The summed E-state index contributed by atoms with van der Waals surface area (Å²) in [6.45, 7) is 5.12. The lowest BCUT2D eigenvalue weighted by Gasteiger charge is -2.10. The largest absolute Gasteiger partial charge is 0.368 e. The van der Waals surface area contributed by atoms with Gasteiger partial charge in [0.15, 0.2) is 0 Å². The molecule has 0 aliphatic carbocycles. The maximum Gasteiger partial charge on any atom is 0.107 e. The molecule has 1 atom stereocenters. The molecule has 1 fully saturated rings. The number of epoxide rings is 1. The Bertz CT molecular complexity index is 296. The fraction of sp³-hybridized carbons (Fsp3) is 0.455. The molecular weight excluding hydrogens is 184 g/mol. The van der Waals surface area contributed by atoms with Crippen LogP contribution >= 0.6 is 11.6 Å². The molecular formula is C11H13ClO. The zero-order valence-corrected chi connectivity index (χ0v) is 8.64. The van der Waals surface area contributed by atoms with E-state index in [0.717, 1.165) is 17.2 Å². The Morgan fingerprint density at radius 3 is 2.69 bits per heavy atom. The van der Waals surface area contributed by atoms with Crippen molar-refractivity contribution in [3.63, 3.8) is 0 Å². The Labute approximate surface area is 83.7 Å². The van der Waals surface area contributed by atoms with Gasteiger partial charge in [0.1, 0.15) is 6.10 Å².